The van der Waals surface area contributed by atoms with Gasteiger partial charge in [-0.1, -0.05) is 13.8 Å². The average Bonchev–Trinajstić information content (AvgIpc) is 2.73. The van der Waals surface area contributed by atoms with E-state index in [0.717, 1.165) is 12.0 Å². The van der Waals surface area contributed by atoms with Crippen LogP contribution in [0, 0.1) is 11.3 Å². The number of rotatable bonds is 2. The maximum absolute atomic E-state index is 4.01. The topological polar surface area (TPSA) is 12.0 Å². The normalized spacial score (nSPS) is 49.3. The summed E-state index contributed by atoms with van der Waals surface area (Å²) in [5, 5.41) is 4.01. The van der Waals surface area contributed by atoms with Crippen molar-refractivity contribution < 1.29 is 0 Å². The quantitative estimate of drug-likeness (QED) is 0.710. The SMILES string of the molecule is CC1(C)CCC1NC12CCC(CC1)C2. The van der Waals surface area contributed by atoms with Gasteiger partial charge < -0.3 is 5.32 Å². The van der Waals surface area contributed by atoms with Crippen LogP contribution < -0.4 is 5.32 Å². The van der Waals surface area contributed by atoms with E-state index in [1.807, 2.05) is 0 Å². The predicted octanol–water partition coefficient (Wildman–Crippen LogP) is 3.10. The molecule has 1 N–H and O–H groups in total. The predicted molar refractivity (Wildman–Crippen MR) is 59.2 cm³/mol. The zero-order chi connectivity index (χ0) is 9.81. The van der Waals surface area contributed by atoms with Gasteiger partial charge in [0.15, 0.2) is 0 Å². The fourth-order valence-electron chi connectivity index (χ4n) is 3.90. The molecule has 3 saturated carbocycles. The Bertz CT molecular complexity index is 236. The summed E-state index contributed by atoms with van der Waals surface area (Å²) >= 11 is 0. The molecule has 0 aromatic carbocycles. The van der Waals surface area contributed by atoms with Crippen LogP contribution in [0.15, 0.2) is 0 Å². The molecule has 0 radical (unpaired) electrons. The third kappa shape index (κ3) is 1.25. The van der Waals surface area contributed by atoms with Gasteiger partial charge in [-0.05, 0) is 56.3 Å². The van der Waals surface area contributed by atoms with E-state index in [0.29, 0.717) is 11.0 Å². The Hall–Kier alpha value is -0.0400. The van der Waals surface area contributed by atoms with Crippen LogP contribution in [-0.4, -0.2) is 11.6 Å². The summed E-state index contributed by atoms with van der Waals surface area (Å²) < 4.78 is 0. The fraction of sp³-hybridized carbons (Fsp3) is 1.00. The molecule has 1 unspecified atom stereocenters. The first kappa shape index (κ1) is 9.21. The number of fused-ring (bicyclic) bond motifs is 2. The maximum atomic E-state index is 4.01. The highest BCUT2D eigenvalue weighted by molar-refractivity contribution is 5.07. The molecule has 3 fully saturated rings. The summed E-state index contributed by atoms with van der Waals surface area (Å²) in [6, 6.07) is 0.819. The van der Waals surface area contributed by atoms with E-state index in [2.05, 4.69) is 19.2 Å². The lowest BCUT2D eigenvalue weighted by molar-refractivity contribution is 0.0752. The molecule has 14 heavy (non-hydrogen) atoms. The van der Waals surface area contributed by atoms with Crippen molar-refractivity contribution in [3.05, 3.63) is 0 Å². The zero-order valence-corrected chi connectivity index (χ0v) is 9.60. The molecule has 80 valence electrons. The minimum atomic E-state index is 0.579. The van der Waals surface area contributed by atoms with E-state index in [1.165, 1.54) is 44.9 Å². The third-order valence-electron chi connectivity index (χ3n) is 5.24. The van der Waals surface area contributed by atoms with Crippen molar-refractivity contribution in [1.82, 2.24) is 5.32 Å². The van der Waals surface area contributed by atoms with Gasteiger partial charge in [0.2, 0.25) is 0 Å². The average molecular weight is 193 g/mol. The van der Waals surface area contributed by atoms with Crippen LogP contribution in [0.1, 0.15) is 58.8 Å². The van der Waals surface area contributed by atoms with E-state index >= 15 is 0 Å². The monoisotopic (exact) mass is 193 g/mol. The highest BCUT2D eigenvalue weighted by Crippen LogP contribution is 2.50. The minimum absolute atomic E-state index is 0.579. The van der Waals surface area contributed by atoms with Gasteiger partial charge in [0, 0.05) is 11.6 Å². The molecule has 3 aliphatic rings. The van der Waals surface area contributed by atoms with Gasteiger partial charge in [-0.2, -0.15) is 0 Å². The Morgan fingerprint density at radius 3 is 2.07 bits per heavy atom. The fourth-order valence-corrected chi connectivity index (χ4v) is 3.90. The Labute approximate surface area is 87.7 Å². The lowest BCUT2D eigenvalue weighted by atomic mass is 9.66. The molecule has 0 heterocycles. The lowest BCUT2D eigenvalue weighted by Crippen LogP contribution is -2.57. The van der Waals surface area contributed by atoms with E-state index in [9.17, 15) is 0 Å². The second-order valence-electron chi connectivity index (χ2n) is 6.65. The van der Waals surface area contributed by atoms with Crippen LogP contribution in [0.3, 0.4) is 0 Å². The van der Waals surface area contributed by atoms with Crippen molar-refractivity contribution >= 4 is 0 Å². The molecular formula is C13H23N. The summed E-state index contributed by atoms with van der Waals surface area (Å²) in [4.78, 5) is 0. The van der Waals surface area contributed by atoms with Crippen LogP contribution in [0.5, 0.6) is 0 Å². The summed E-state index contributed by atoms with van der Waals surface area (Å²) in [6.45, 7) is 4.85. The van der Waals surface area contributed by atoms with Crippen LogP contribution in [-0.2, 0) is 0 Å². The second kappa shape index (κ2) is 2.75. The van der Waals surface area contributed by atoms with E-state index in [1.54, 1.807) is 0 Å². The minimum Gasteiger partial charge on any atom is -0.308 e. The molecule has 0 aromatic heterocycles. The van der Waals surface area contributed by atoms with Crippen LogP contribution in [0.2, 0.25) is 0 Å². The van der Waals surface area contributed by atoms with Crippen LogP contribution in [0.25, 0.3) is 0 Å². The highest BCUT2D eigenvalue weighted by Gasteiger charge is 2.49. The summed E-state index contributed by atoms with van der Waals surface area (Å²) in [5.74, 6) is 1.07. The van der Waals surface area contributed by atoms with E-state index in [4.69, 9.17) is 0 Å². The maximum Gasteiger partial charge on any atom is 0.0187 e. The third-order valence-corrected chi connectivity index (χ3v) is 5.24. The molecular weight excluding hydrogens is 170 g/mol. The van der Waals surface area contributed by atoms with Gasteiger partial charge >= 0.3 is 0 Å². The molecule has 2 bridgehead atoms. The van der Waals surface area contributed by atoms with Gasteiger partial charge in [0.1, 0.15) is 0 Å². The van der Waals surface area contributed by atoms with Gasteiger partial charge in [-0.25, -0.2) is 0 Å². The molecule has 0 aromatic rings. The van der Waals surface area contributed by atoms with E-state index in [-0.39, 0.29) is 0 Å². The summed E-state index contributed by atoms with van der Waals surface area (Å²) in [7, 11) is 0. The van der Waals surface area contributed by atoms with Gasteiger partial charge in [-0.15, -0.1) is 0 Å². The molecule has 1 nitrogen and oxygen atoms in total. The first-order valence-electron chi connectivity index (χ1n) is 6.37. The van der Waals surface area contributed by atoms with Gasteiger partial charge in [0.25, 0.3) is 0 Å². The first-order valence-corrected chi connectivity index (χ1v) is 6.37. The number of hydrogen-bond donors (Lipinski definition) is 1. The van der Waals surface area contributed by atoms with Crippen molar-refractivity contribution in [3.63, 3.8) is 0 Å². The summed E-state index contributed by atoms with van der Waals surface area (Å²) in [6.07, 6.45) is 10.2. The zero-order valence-electron chi connectivity index (χ0n) is 9.60. The lowest BCUT2D eigenvalue weighted by Gasteiger charge is -2.49. The van der Waals surface area contributed by atoms with Crippen molar-refractivity contribution in [2.45, 2.75) is 70.4 Å². The molecule has 3 aliphatic carbocycles. The van der Waals surface area contributed by atoms with Crippen LogP contribution in [0.4, 0.5) is 0 Å². The standard InChI is InChI=1S/C13H23N/c1-12(2)6-5-11(12)14-13-7-3-10(9-13)4-8-13/h10-11,14H,3-9H2,1-2H3. The summed E-state index contributed by atoms with van der Waals surface area (Å²) in [5.41, 5.74) is 1.17. The van der Waals surface area contributed by atoms with Gasteiger partial charge in [-0.3, -0.25) is 0 Å². The van der Waals surface area contributed by atoms with Gasteiger partial charge in [0.05, 0.1) is 0 Å². The number of hydrogen-bond acceptors (Lipinski definition) is 1. The Morgan fingerprint density at radius 1 is 1.00 bits per heavy atom. The molecule has 0 saturated heterocycles. The molecule has 0 aliphatic heterocycles. The Morgan fingerprint density at radius 2 is 1.71 bits per heavy atom. The van der Waals surface area contributed by atoms with E-state index < -0.39 is 0 Å². The molecule has 1 atom stereocenters. The van der Waals surface area contributed by atoms with Crippen molar-refractivity contribution in [2.75, 3.05) is 0 Å². The van der Waals surface area contributed by atoms with Crippen molar-refractivity contribution in [1.29, 1.82) is 0 Å². The Balaban J connectivity index is 1.67. The van der Waals surface area contributed by atoms with Crippen molar-refractivity contribution in [3.8, 4) is 0 Å². The van der Waals surface area contributed by atoms with Crippen molar-refractivity contribution in [2.24, 2.45) is 11.3 Å². The Kier molecular flexibility index (Phi) is 1.81. The number of nitrogens with one attached hydrogen (secondary N) is 1. The molecule has 0 spiro atoms. The largest absolute Gasteiger partial charge is 0.308 e. The smallest absolute Gasteiger partial charge is 0.0187 e. The molecule has 3 rings (SSSR count). The molecule has 0 amide bonds. The van der Waals surface area contributed by atoms with Crippen LogP contribution >= 0.6 is 0 Å². The second-order valence-corrected chi connectivity index (χ2v) is 6.65. The first-order chi connectivity index (χ1) is 6.60. The molecule has 1 heteroatoms. The highest BCUT2D eigenvalue weighted by atomic mass is 15.1.